The quantitative estimate of drug-likeness (QED) is 0.825. The molecule has 1 heterocycles. The van der Waals surface area contributed by atoms with E-state index in [-0.39, 0.29) is 6.61 Å². The van der Waals surface area contributed by atoms with Crippen molar-refractivity contribution < 1.29 is 9.15 Å². The zero-order valence-corrected chi connectivity index (χ0v) is 14.1. The van der Waals surface area contributed by atoms with Crippen LogP contribution >= 0.6 is 15.9 Å². The maximum absolute atomic E-state index is 5.81. The lowest BCUT2D eigenvalue weighted by atomic mass is 10.2. The van der Waals surface area contributed by atoms with Gasteiger partial charge in [-0.05, 0) is 18.2 Å². The fourth-order valence-electron chi connectivity index (χ4n) is 1.77. The number of rotatable bonds is 7. The van der Waals surface area contributed by atoms with E-state index >= 15 is 0 Å². The molecule has 21 heavy (non-hydrogen) atoms. The first-order chi connectivity index (χ1) is 10.1. The maximum atomic E-state index is 5.81. The van der Waals surface area contributed by atoms with Crippen LogP contribution < -0.4 is 10.1 Å². The Morgan fingerprint density at radius 1 is 1.29 bits per heavy atom. The van der Waals surface area contributed by atoms with Gasteiger partial charge in [-0.1, -0.05) is 36.7 Å². The van der Waals surface area contributed by atoms with E-state index in [1.807, 2.05) is 19.1 Å². The smallest absolute Gasteiger partial charge is 0.253 e. The van der Waals surface area contributed by atoms with Gasteiger partial charge >= 0.3 is 0 Å². The van der Waals surface area contributed by atoms with Crippen molar-refractivity contribution >= 4 is 15.9 Å². The van der Waals surface area contributed by atoms with Crippen LogP contribution in [0.5, 0.6) is 5.75 Å². The summed E-state index contributed by atoms with van der Waals surface area (Å²) in [6, 6.07) is 6.37. The monoisotopic (exact) mass is 353 g/mol. The Bertz CT molecular complexity index is 584. The summed E-state index contributed by atoms with van der Waals surface area (Å²) in [4.78, 5) is 0. The van der Waals surface area contributed by atoms with Gasteiger partial charge in [0.1, 0.15) is 5.75 Å². The fourth-order valence-corrected chi connectivity index (χ4v) is 2.18. The summed E-state index contributed by atoms with van der Waals surface area (Å²) in [5.74, 6) is 1.95. The lowest BCUT2D eigenvalue weighted by Crippen LogP contribution is -2.22. The van der Waals surface area contributed by atoms with Gasteiger partial charge in [0, 0.05) is 29.0 Å². The third-order valence-electron chi connectivity index (χ3n) is 2.89. The molecule has 0 saturated heterocycles. The minimum atomic E-state index is 0.281. The van der Waals surface area contributed by atoms with Crippen LogP contribution in [0, 0.1) is 0 Å². The Kier molecular flexibility index (Phi) is 5.76. The Morgan fingerprint density at radius 2 is 2.05 bits per heavy atom. The number of hydrogen-bond donors (Lipinski definition) is 1. The Morgan fingerprint density at radius 3 is 2.71 bits per heavy atom. The minimum absolute atomic E-state index is 0.281. The van der Waals surface area contributed by atoms with E-state index in [1.165, 1.54) is 0 Å². The van der Waals surface area contributed by atoms with Crippen molar-refractivity contribution in [2.45, 2.75) is 46.4 Å². The molecule has 0 aliphatic carbocycles. The molecule has 0 saturated carbocycles. The van der Waals surface area contributed by atoms with E-state index < -0.39 is 0 Å². The number of halogens is 1. The van der Waals surface area contributed by atoms with E-state index in [2.05, 4.69) is 51.4 Å². The van der Waals surface area contributed by atoms with Crippen LogP contribution in [0.15, 0.2) is 27.1 Å². The molecule has 0 bridgehead atoms. The normalized spacial score (nSPS) is 11.1. The molecule has 1 N–H and O–H groups in total. The molecule has 1 aromatic carbocycles. The first-order valence-corrected chi connectivity index (χ1v) is 7.83. The predicted octanol–water partition coefficient (Wildman–Crippen LogP) is 3.47. The van der Waals surface area contributed by atoms with Crippen molar-refractivity contribution in [2.75, 3.05) is 0 Å². The summed E-state index contributed by atoms with van der Waals surface area (Å²) in [6.07, 6.45) is 0.731. The van der Waals surface area contributed by atoms with Crippen LogP contribution in [-0.2, 0) is 19.6 Å². The maximum Gasteiger partial charge on any atom is 0.253 e. The van der Waals surface area contributed by atoms with E-state index in [0.29, 0.717) is 17.8 Å². The van der Waals surface area contributed by atoms with E-state index in [9.17, 15) is 0 Å². The lowest BCUT2D eigenvalue weighted by Gasteiger charge is -2.13. The third kappa shape index (κ3) is 4.82. The first kappa shape index (κ1) is 16.0. The number of ether oxygens (including phenoxy) is 1. The number of benzene rings is 1. The molecule has 6 heteroatoms. The van der Waals surface area contributed by atoms with Crippen LogP contribution in [0.25, 0.3) is 0 Å². The fraction of sp³-hybridized carbons (Fsp3) is 0.467. The van der Waals surface area contributed by atoms with E-state index in [1.54, 1.807) is 0 Å². The number of nitrogens with one attached hydrogen (secondary N) is 1. The summed E-state index contributed by atoms with van der Waals surface area (Å²) < 4.78 is 12.3. The lowest BCUT2D eigenvalue weighted by molar-refractivity contribution is 0.256. The van der Waals surface area contributed by atoms with Gasteiger partial charge in [-0.2, -0.15) is 0 Å². The van der Waals surface area contributed by atoms with Crippen molar-refractivity contribution in [1.82, 2.24) is 15.5 Å². The molecule has 0 radical (unpaired) electrons. The second kappa shape index (κ2) is 7.56. The zero-order valence-electron chi connectivity index (χ0n) is 12.5. The van der Waals surface area contributed by atoms with Crippen LogP contribution in [0.1, 0.15) is 38.1 Å². The van der Waals surface area contributed by atoms with Gasteiger partial charge in [0.25, 0.3) is 5.89 Å². The Labute approximate surface area is 133 Å². The van der Waals surface area contributed by atoms with Gasteiger partial charge in [-0.15, -0.1) is 10.2 Å². The summed E-state index contributed by atoms with van der Waals surface area (Å²) in [5.41, 5.74) is 1.09. The molecule has 0 amide bonds. The molecule has 0 unspecified atom stereocenters. The molecular formula is C15H20BrN3O2. The zero-order chi connectivity index (χ0) is 15.2. The van der Waals surface area contributed by atoms with E-state index in [4.69, 9.17) is 9.15 Å². The second-order valence-corrected chi connectivity index (χ2v) is 5.94. The standard InChI is InChI=1S/C15H20BrN3O2/c1-4-14-18-19-15(21-14)9-20-13-6-5-12(16)7-11(13)8-17-10(2)3/h5-7,10,17H,4,8-9H2,1-3H3. The molecule has 114 valence electrons. The third-order valence-corrected chi connectivity index (χ3v) is 3.38. The van der Waals surface area contributed by atoms with Crippen molar-refractivity contribution in [3.8, 4) is 5.75 Å². The number of hydrogen-bond acceptors (Lipinski definition) is 5. The van der Waals surface area contributed by atoms with Crippen molar-refractivity contribution in [2.24, 2.45) is 0 Å². The van der Waals surface area contributed by atoms with Gasteiger partial charge in [0.15, 0.2) is 6.61 Å². The highest BCUT2D eigenvalue weighted by atomic mass is 79.9. The highest BCUT2D eigenvalue weighted by Gasteiger charge is 2.09. The molecule has 5 nitrogen and oxygen atoms in total. The molecule has 0 spiro atoms. The van der Waals surface area contributed by atoms with Gasteiger partial charge in [-0.3, -0.25) is 0 Å². The summed E-state index contributed by atoms with van der Waals surface area (Å²) in [6.45, 7) is 7.23. The molecular weight excluding hydrogens is 334 g/mol. The number of nitrogens with zero attached hydrogens (tertiary/aromatic N) is 2. The van der Waals surface area contributed by atoms with Crippen LogP contribution in [0.2, 0.25) is 0 Å². The van der Waals surface area contributed by atoms with Gasteiger partial charge in [0.2, 0.25) is 5.89 Å². The largest absolute Gasteiger partial charge is 0.483 e. The minimum Gasteiger partial charge on any atom is -0.483 e. The molecule has 2 aromatic rings. The van der Waals surface area contributed by atoms with Gasteiger partial charge in [0.05, 0.1) is 0 Å². The molecule has 0 aliphatic heterocycles. The first-order valence-electron chi connectivity index (χ1n) is 7.04. The molecule has 0 atom stereocenters. The summed E-state index contributed by atoms with van der Waals surface area (Å²) in [7, 11) is 0. The number of aryl methyl sites for hydroxylation is 1. The van der Waals surface area contributed by atoms with Gasteiger partial charge in [-0.25, -0.2) is 0 Å². The topological polar surface area (TPSA) is 60.2 Å². The summed E-state index contributed by atoms with van der Waals surface area (Å²) in [5, 5.41) is 11.3. The molecule has 0 aliphatic rings. The summed E-state index contributed by atoms with van der Waals surface area (Å²) >= 11 is 3.49. The second-order valence-electron chi connectivity index (χ2n) is 5.02. The van der Waals surface area contributed by atoms with Crippen molar-refractivity contribution in [1.29, 1.82) is 0 Å². The highest BCUT2D eigenvalue weighted by Crippen LogP contribution is 2.24. The van der Waals surface area contributed by atoms with Crippen LogP contribution in [0.4, 0.5) is 0 Å². The van der Waals surface area contributed by atoms with Crippen LogP contribution in [-0.4, -0.2) is 16.2 Å². The highest BCUT2D eigenvalue weighted by molar-refractivity contribution is 9.10. The average molecular weight is 354 g/mol. The predicted molar refractivity (Wildman–Crippen MR) is 84.1 cm³/mol. The average Bonchev–Trinajstić information content (AvgIpc) is 2.92. The Hall–Kier alpha value is -1.40. The SMILES string of the molecule is CCc1nnc(COc2ccc(Br)cc2CNC(C)C)o1. The Balaban J connectivity index is 2.04. The van der Waals surface area contributed by atoms with E-state index in [0.717, 1.165) is 28.8 Å². The van der Waals surface area contributed by atoms with Crippen molar-refractivity contribution in [3.05, 3.63) is 40.0 Å². The van der Waals surface area contributed by atoms with Crippen LogP contribution in [0.3, 0.4) is 0 Å². The molecule has 1 aromatic heterocycles. The van der Waals surface area contributed by atoms with Gasteiger partial charge < -0.3 is 14.5 Å². The molecule has 2 rings (SSSR count). The number of aromatic nitrogens is 2. The van der Waals surface area contributed by atoms with Crippen molar-refractivity contribution in [3.63, 3.8) is 0 Å². The molecule has 0 fully saturated rings.